The Labute approximate surface area is 114 Å². The summed E-state index contributed by atoms with van der Waals surface area (Å²) in [5.41, 5.74) is 0.977. The second-order valence-electron chi connectivity index (χ2n) is 4.49. The number of hydrogen-bond donors (Lipinski definition) is 1. The van der Waals surface area contributed by atoms with Crippen LogP contribution < -0.4 is 5.32 Å². The van der Waals surface area contributed by atoms with Gasteiger partial charge < -0.3 is 10.2 Å². The van der Waals surface area contributed by atoms with Crippen LogP contribution in [0.5, 0.6) is 0 Å². The lowest BCUT2D eigenvalue weighted by Crippen LogP contribution is -2.38. The predicted octanol–water partition coefficient (Wildman–Crippen LogP) is 1.18. The van der Waals surface area contributed by atoms with Crippen molar-refractivity contribution < 1.29 is 4.79 Å². The largest absolute Gasteiger partial charge is 0.337 e. The summed E-state index contributed by atoms with van der Waals surface area (Å²) in [4.78, 5) is 18.1. The summed E-state index contributed by atoms with van der Waals surface area (Å²) in [6.07, 6.45) is 3.79. The maximum absolute atomic E-state index is 12.3. The summed E-state index contributed by atoms with van der Waals surface area (Å²) in [5.74, 6) is -0.0335. The zero-order valence-corrected chi connectivity index (χ0v) is 11.5. The van der Waals surface area contributed by atoms with Gasteiger partial charge in [-0.15, -0.1) is 0 Å². The maximum Gasteiger partial charge on any atom is 0.227 e. The average Bonchev–Trinajstić information content (AvgIpc) is 2.44. The van der Waals surface area contributed by atoms with Gasteiger partial charge in [-0.05, 0) is 18.7 Å². The quantitative estimate of drug-likeness (QED) is 0.799. The van der Waals surface area contributed by atoms with Crippen molar-refractivity contribution in [3.8, 4) is 6.07 Å². The first-order valence-electron chi connectivity index (χ1n) is 6.38. The van der Waals surface area contributed by atoms with Gasteiger partial charge in [0.25, 0.3) is 0 Å². The molecule has 1 rings (SSSR count). The van der Waals surface area contributed by atoms with E-state index in [4.69, 9.17) is 5.26 Å². The molecule has 0 saturated heterocycles. The normalized spacial score (nSPS) is 11.6. The Morgan fingerprint density at radius 3 is 3.00 bits per heavy atom. The number of nitrogens with one attached hydrogen (secondary N) is 1. The highest BCUT2D eigenvalue weighted by atomic mass is 16.2. The topological polar surface area (TPSA) is 69.0 Å². The molecular formula is C14H20N4O. The maximum atomic E-state index is 12.3. The molecule has 0 bridgehead atoms. The van der Waals surface area contributed by atoms with Gasteiger partial charge in [0.1, 0.15) is 0 Å². The van der Waals surface area contributed by atoms with E-state index in [1.165, 1.54) is 0 Å². The molecule has 1 amide bonds. The van der Waals surface area contributed by atoms with Gasteiger partial charge in [-0.1, -0.05) is 13.0 Å². The molecule has 0 saturated carbocycles. The van der Waals surface area contributed by atoms with Crippen LogP contribution in [-0.4, -0.2) is 35.9 Å². The molecule has 1 aromatic rings. The Morgan fingerprint density at radius 2 is 2.42 bits per heavy atom. The molecule has 5 heteroatoms. The number of nitriles is 1. The molecule has 1 heterocycles. The Kier molecular flexibility index (Phi) is 6.55. The van der Waals surface area contributed by atoms with Crippen molar-refractivity contribution in [2.24, 2.45) is 5.92 Å². The Morgan fingerprint density at radius 1 is 1.63 bits per heavy atom. The predicted molar refractivity (Wildman–Crippen MR) is 73.0 cm³/mol. The van der Waals surface area contributed by atoms with Crippen molar-refractivity contribution in [3.63, 3.8) is 0 Å². The van der Waals surface area contributed by atoms with Gasteiger partial charge in [0.05, 0.1) is 12.5 Å². The van der Waals surface area contributed by atoms with E-state index in [2.05, 4.69) is 16.4 Å². The monoisotopic (exact) mass is 260 g/mol. The molecule has 102 valence electrons. The average molecular weight is 260 g/mol. The van der Waals surface area contributed by atoms with Crippen LogP contribution in [-0.2, 0) is 11.3 Å². The highest BCUT2D eigenvalue weighted by Crippen LogP contribution is 2.08. The first-order valence-corrected chi connectivity index (χ1v) is 6.38. The molecule has 0 aliphatic rings. The van der Waals surface area contributed by atoms with Crippen molar-refractivity contribution >= 4 is 5.91 Å². The van der Waals surface area contributed by atoms with Gasteiger partial charge in [0, 0.05) is 37.9 Å². The minimum absolute atomic E-state index is 0.0634. The zero-order valence-electron chi connectivity index (χ0n) is 11.5. The zero-order chi connectivity index (χ0) is 14.1. The molecule has 0 fully saturated rings. The third-order valence-electron chi connectivity index (χ3n) is 2.83. The Hall–Kier alpha value is -1.93. The summed E-state index contributed by atoms with van der Waals surface area (Å²) in [6.45, 7) is 3.48. The van der Waals surface area contributed by atoms with E-state index in [9.17, 15) is 4.79 Å². The summed E-state index contributed by atoms with van der Waals surface area (Å²) in [6, 6.07) is 5.86. The molecule has 0 aromatic carbocycles. The van der Waals surface area contributed by atoms with E-state index >= 15 is 0 Å². The number of amides is 1. The lowest BCUT2D eigenvalue weighted by atomic mass is 10.1. The third kappa shape index (κ3) is 5.06. The summed E-state index contributed by atoms with van der Waals surface area (Å²) in [7, 11) is 1.82. The fraction of sp³-hybridized carbons (Fsp3) is 0.500. The van der Waals surface area contributed by atoms with E-state index in [0.717, 1.165) is 5.56 Å². The SMILES string of the molecule is CNCC(C)C(=O)N(CCC#N)Cc1cccnc1. The third-order valence-corrected chi connectivity index (χ3v) is 2.83. The van der Waals surface area contributed by atoms with Gasteiger partial charge in [-0.2, -0.15) is 5.26 Å². The second kappa shape index (κ2) is 8.22. The number of aromatic nitrogens is 1. The first kappa shape index (κ1) is 15.1. The van der Waals surface area contributed by atoms with E-state index in [0.29, 0.717) is 26.1 Å². The molecule has 1 atom stereocenters. The van der Waals surface area contributed by atoms with Crippen LogP contribution in [0.3, 0.4) is 0 Å². The van der Waals surface area contributed by atoms with Gasteiger partial charge in [0.15, 0.2) is 0 Å². The van der Waals surface area contributed by atoms with Crippen LogP contribution in [0, 0.1) is 17.2 Å². The van der Waals surface area contributed by atoms with Crippen LogP contribution in [0.25, 0.3) is 0 Å². The molecule has 0 spiro atoms. The van der Waals surface area contributed by atoms with Crippen molar-refractivity contribution in [1.29, 1.82) is 5.26 Å². The van der Waals surface area contributed by atoms with Crippen LogP contribution in [0.15, 0.2) is 24.5 Å². The number of carbonyl (C=O) groups is 1. The van der Waals surface area contributed by atoms with E-state index in [1.54, 1.807) is 17.3 Å². The van der Waals surface area contributed by atoms with E-state index in [1.807, 2.05) is 26.1 Å². The smallest absolute Gasteiger partial charge is 0.227 e. The lowest BCUT2D eigenvalue weighted by molar-refractivity contribution is -0.135. The van der Waals surface area contributed by atoms with Crippen LogP contribution in [0.1, 0.15) is 18.9 Å². The number of hydrogen-bond acceptors (Lipinski definition) is 4. The molecule has 0 aliphatic carbocycles. The highest BCUT2D eigenvalue weighted by Gasteiger charge is 2.19. The minimum atomic E-state index is -0.0969. The van der Waals surface area contributed by atoms with Crippen LogP contribution in [0.2, 0.25) is 0 Å². The Balaban J connectivity index is 2.71. The molecule has 1 aromatic heterocycles. The van der Waals surface area contributed by atoms with Crippen molar-refractivity contribution in [2.45, 2.75) is 19.9 Å². The first-order chi connectivity index (χ1) is 9.19. The lowest BCUT2D eigenvalue weighted by Gasteiger charge is -2.25. The summed E-state index contributed by atoms with van der Waals surface area (Å²) >= 11 is 0. The fourth-order valence-corrected chi connectivity index (χ4v) is 1.87. The van der Waals surface area contributed by atoms with Gasteiger partial charge in [-0.25, -0.2) is 0 Å². The second-order valence-corrected chi connectivity index (χ2v) is 4.49. The van der Waals surface area contributed by atoms with Crippen LogP contribution in [0.4, 0.5) is 0 Å². The molecular weight excluding hydrogens is 240 g/mol. The van der Waals surface area contributed by atoms with Crippen LogP contribution >= 0.6 is 0 Å². The van der Waals surface area contributed by atoms with Crippen molar-refractivity contribution in [1.82, 2.24) is 15.2 Å². The number of rotatable bonds is 7. The van der Waals surface area contributed by atoms with Gasteiger partial charge >= 0.3 is 0 Å². The van der Waals surface area contributed by atoms with E-state index < -0.39 is 0 Å². The number of pyridine rings is 1. The molecule has 19 heavy (non-hydrogen) atoms. The highest BCUT2D eigenvalue weighted by molar-refractivity contribution is 5.78. The number of carbonyl (C=O) groups excluding carboxylic acids is 1. The molecule has 0 radical (unpaired) electrons. The number of nitrogens with zero attached hydrogens (tertiary/aromatic N) is 3. The summed E-state index contributed by atoms with van der Waals surface area (Å²) in [5, 5.41) is 11.7. The van der Waals surface area contributed by atoms with Gasteiger partial charge in [0.2, 0.25) is 5.91 Å². The molecule has 0 aliphatic heterocycles. The fourth-order valence-electron chi connectivity index (χ4n) is 1.87. The Bertz CT molecular complexity index is 427. The minimum Gasteiger partial charge on any atom is -0.337 e. The standard InChI is InChI=1S/C14H20N4O/c1-12(9-16-2)14(19)18(8-4-6-15)11-13-5-3-7-17-10-13/h3,5,7,10,12,16H,4,8-9,11H2,1-2H3. The summed E-state index contributed by atoms with van der Waals surface area (Å²) < 4.78 is 0. The molecule has 1 unspecified atom stereocenters. The molecule has 1 N–H and O–H groups in total. The van der Waals surface area contributed by atoms with Crippen molar-refractivity contribution in [3.05, 3.63) is 30.1 Å². The molecule has 5 nitrogen and oxygen atoms in total. The van der Waals surface area contributed by atoms with E-state index in [-0.39, 0.29) is 11.8 Å². The van der Waals surface area contributed by atoms with Gasteiger partial charge in [-0.3, -0.25) is 9.78 Å². The van der Waals surface area contributed by atoms with Crippen molar-refractivity contribution in [2.75, 3.05) is 20.1 Å².